The number of urea groups is 1. The third kappa shape index (κ3) is 6.60. The van der Waals surface area contributed by atoms with Gasteiger partial charge < -0.3 is 15.4 Å². The van der Waals surface area contributed by atoms with Crippen LogP contribution in [0.25, 0.3) is 11.1 Å². The van der Waals surface area contributed by atoms with Crippen molar-refractivity contribution >= 4 is 11.7 Å². The van der Waals surface area contributed by atoms with E-state index in [0.717, 1.165) is 34.7 Å². The molecule has 4 aromatic rings. The molecule has 0 fully saturated rings. The molecule has 4 rings (SSSR count). The summed E-state index contributed by atoms with van der Waals surface area (Å²) in [4.78, 5) is 15.5. The number of para-hydroxylation sites is 1. The molecule has 1 aromatic heterocycles. The summed E-state index contributed by atoms with van der Waals surface area (Å²) >= 11 is 0. The Morgan fingerprint density at radius 2 is 1.51 bits per heavy atom. The Kier molecular flexibility index (Phi) is 7.30. The van der Waals surface area contributed by atoms with Crippen molar-refractivity contribution < 1.29 is 22.7 Å². The van der Waals surface area contributed by atoms with Gasteiger partial charge in [-0.25, -0.2) is 4.79 Å². The molecule has 5 nitrogen and oxygen atoms in total. The monoisotopic (exact) mass is 477 g/mol. The van der Waals surface area contributed by atoms with Crippen LogP contribution in [0.15, 0.2) is 97.2 Å². The fraction of sp³-hybridized carbons (Fsp3) is 0.111. The number of carbonyl (C=O) groups excluding carboxylic acids is 1. The summed E-state index contributed by atoms with van der Waals surface area (Å²) in [7, 11) is 0. The number of hydrogen-bond donors (Lipinski definition) is 2. The maximum absolute atomic E-state index is 12.6. The molecule has 0 aliphatic heterocycles. The van der Waals surface area contributed by atoms with Gasteiger partial charge in [0.15, 0.2) is 0 Å². The Morgan fingerprint density at radius 1 is 0.829 bits per heavy atom. The van der Waals surface area contributed by atoms with E-state index in [9.17, 15) is 18.0 Å². The summed E-state index contributed by atoms with van der Waals surface area (Å²) in [6.07, 6.45) is -3.40. The van der Waals surface area contributed by atoms with Crippen molar-refractivity contribution in [1.82, 2.24) is 10.3 Å². The van der Waals surface area contributed by atoms with Crippen molar-refractivity contribution in [1.29, 1.82) is 0 Å². The second-order valence-corrected chi connectivity index (χ2v) is 7.70. The summed E-state index contributed by atoms with van der Waals surface area (Å²) < 4.78 is 43.8. The van der Waals surface area contributed by atoms with E-state index < -0.39 is 17.9 Å². The standard InChI is InChI=1S/C27H22F3N3O2/c28-27(29,30)25-15-12-20(16-31-25)17-32-26(34)33-22-13-10-19(11-14-22)18-35-24-9-5-4-8-23(24)21-6-2-1-3-7-21/h1-16H,17-18H2,(H2,32,33,34). The Bertz CT molecular complexity index is 1260. The van der Waals surface area contributed by atoms with E-state index in [1.165, 1.54) is 6.07 Å². The maximum Gasteiger partial charge on any atom is 0.433 e. The number of nitrogens with one attached hydrogen (secondary N) is 2. The van der Waals surface area contributed by atoms with Crippen LogP contribution in [-0.4, -0.2) is 11.0 Å². The number of pyridine rings is 1. The molecule has 35 heavy (non-hydrogen) atoms. The van der Waals surface area contributed by atoms with E-state index in [1.54, 1.807) is 12.1 Å². The third-order valence-electron chi connectivity index (χ3n) is 5.15. The third-order valence-corrected chi connectivity index (χ3v) is 5.15. The fourth-order valence-corrected chi connectivity index (χ4v) is 3.35. The summed E-state index contributed by atoms with van der Waals surface area (Å²) in [5.41, 5.74) is 3.05. The van der Waals surface area contributed by atoms with Gasteiger partial charge in [0.1, 0.15) is 18.1 Å². The summed E-state index contributed by atoms with van der Waals surface area (Å²) in [5, 5.41) is 5.28. The van der Waals surface area contributed by atoms with Crippen LogP contribution in [0.1, 0.15) is 16.8 Å². The molecule has 3 aromatic carbocycles. The number of halogens is 3. The molecule has 1 heterocycles. The highest BCUT2D eigenvalue weighted by Crippen LogP contribution is 2.30. The zero-order valence-corrected chi connectivity index (χ0v) is 18.5. The molecular weight excluding hydrogens is 455 g/mol. The van der Waals surface area contributed by atoms with Crippen molar-refractivity contribution in [2.45, 2.75) is 19.3 Å². The van der Waals surface area contributed by atoms with E-state index in [0.29, 0.717) is 17.9 Å². The van der Waals surface area contributed by atoms with Crippen LogP contribution >= 0.6 is 0 Å². The summed E-state index contributed by atoms with van der Waals surface area (Å²) in [6, 6.07) is 26.7. The number of rotatable bonds is 7. The average molecular weight is 477 g/mol. The number of benzene rings is 3. The largest absolute Gasteiger partial charge is 0.488 e. The minimum absolute atomic E-state index is 0.0454. The van der Waals surface area contributed by atoms with Gasteiger partial charge in [-0.1, -0.05) is 66.7 Å². The van der Waals surface area contributed by atoms with E-state index in [1.807, 2.05) is 66.7 Å². The van der Waals surface area contributed by atoms with Crippen LogP contribution in [0.5, 0.6) is 5.75 Å². The molecule has 0 radical (unpaired) electrons. The Labute approximate surface area is 200 Å². The summed E-state index contributed by atoms with van der Waals surface area (Å²) in [5.74, 6) is 0.776. The van der Waals surface area contributed by atoms with E-state index in [4.69, 9.17) is 4.74 Å². The number of anilines is 1. The molecule has 0 unspecified atom stereocenters. The van der Waals surface area contributed by atoms with Gasteiger partial charge in [0.2, 0.25) is 0 Å². The Hall–Kier alpha value is -4.33. The average Bonchev–Trinajstić information content (AvgIpc) is 2.87. The first-order valence-corrected chi connectivity index (χ1v) is 10.8. The minimum Gasteiger partial charge on any atom is -0.488 e. The van der Waals surface area contributed by atoms with Gasteiger partial charge in [0.25, 0.3) is 0 Å². The normalized spacial score (nSPS) is 11.1. The number of amides is 2. The first-order valence-electron chi connectivity index (χ1n) is 10.8. The van der Waals surface area contributed by atoms with Gasteiger partial charge in [0.05, 0.1) is 0 Å². The predicted octanol–water partition coefficient (Wildman–Crippen LogP) is 6.67. The Morgan fingerprint density at radius 3 is 2.20 bits per heavy atom. The van der Waals surface area contributed by atoms with Crippen LogP contribution in [0, 0.1) is 0 Å². The van der Waals surface area contributed by atoms with Crippen molar-refractivity contribution in [3.63, 3.8) is 0 Å². The van der Waals surface area contributed by atoms with Crippen molar-refractivity contribution in [3.8, 4) is 16.9 Å². The van der Waals surface area contributed by atoms with E-state index in [2.05, 4.69) is 15.6 Å². The van der Waals surface area contributed by atoms with E-state index in [-0.39, 0.29) is 6.54 Å². The quantitative estimate of drug-likeness (QED) is 0.313. The van der Waals surface area contributed by atoms with Crippen LogP contribution < -0.4 is 15.4 Å². The van der Waals surface area contributed by atoms with Gasteiger partial charge in [0, 0.05) is 24.0 Å². The lowest BCUT2D eigenvalue weighted by atomic mass is 10.0. The van der Waals surface area contributed by atoms with Gasteiger partial charge in [-0.3, -0.25) is 4.98 Å². The van der Waals surface area contributed by atoms with Gasteiger partial charge in [-0.15, -0.1) is 0 Å². The molecule has 0 saturated heterocycles. The first-order chi connectivity index (χ1) is 16.9. The number of ether oxygens (including phenoxy) is 1. The molecule has 2 amide bonds. The number of alkyl halides is 3. The number of carbonyl (C=O) groups is 1. The zero-order chi connectivity index (χ0) is 24.7. The molecule has 8 heteroatoms. The van der Waals surface area contributed by atoms with Crippen molar-refractivity contribution in [3.05, 3.63) is 114 Å². The topological polar surface area (TPSA) is 63.2 Å². The number of nitrogens with zero attached hydrogens (tertiary/aromatic N) is 1. The SMILES string of the molecule is O=C(NCc1ccc(C(F)(F)F)nc1)Nc1ccc(COc2ccccc2-c2ccccc2)cc1. The second-order valence-electron chi connectivity index (χ2n) is 7.70. The Balaban J connectivity index is 1.28. The van der Waals surface area contributed by atoms with E-state index >= 15 is 0 Å². The van der Waals surface area contributed by atoms with Gasteiger partial charge >= 0.3 is 12.2 Å². The lowest BCUT2D eigenvalue weighted by molar-refractivity contribution is -0.141. The molecule has 0 saturated carbocycles. The molecule has 0 aliphatic rings. The lowest BCUT2D eigenvalue weighted by Crippen LogP contribution is -2.28. The number of hydrogen-bond acceptors (Lipinski definition) is 3. The smallest absolute Gasteiger partial charge is 0.433 e. The molecule has 0 aliphatic carbocycles. The first kappa shape index (κ1) is 23.8. The zero-order valence-electron chi connectivity index (χ0n) is 18.5. The molecule has 0 bridgehead atoms. The highest BCUT2D eigenvalue weighted by molar-refractivity contribution is 5.89. The second kappa shape index (κ2) is 10.7. The van der Waals surface area contributed by atoms with Crippen molar-refractivity contribution in [2.75, 3.05) is 5.32 Å². The number of aromatic nitrogens is 1. The highest BCUT2D eigenvalue weighted by atomic mass is 19.4. The van der Waals surface area contributed by atoms with Crippen molar-refractivity contribution in [2.24, 2.45) is 0 Å². The van der Waals surface area contributed by atoms with Crippen LogP contribution in [0.2, 0.25) is 0 Å². The predicted molar refractivity (Wildman–Crippen MR) is 128 cm³/mol. The van der Waals surface area contributed by atoms with Crippen LogP contribution in [-0.2, 0) is 19.3 Å². The highest BCUT2D eigenvalue weighted by Gasteiger charge is 2.31. The van der Waals surface area contributed by atoms with Gasteiger partial charge in [-0.05, 0) is 41.0 Å². The molecule has 0 spiro atoms. The maximum atomic E-state index is 12.6. The molecular formula is C27H22F3N3O2. The lowest BCUT2D eigenvalue weighted by Gasteiger charge is -2.12. The van der Waals surface area contributed by atoms with Crippen LogP contribution in [0.3, 0.4) is 0 Å². The van der Waals surface area contributed by atoms with Gasteiger partial charge in [-0.2, -0.15) is 13.2 Å². The summed E-state index contributed by atoms with van der Waals surface area (Å²) in [6.45, 7) is 0.404. The molecule has 178 valence electrons. The minimum atomic E-state index is -4.49. The fourth-order valence-electron chi connectivity index (χ4n) is 3.35. The van der Waals surface area contributed by atoms with Crippen LogP contribution in [0.4, 0.5) is 23.7 Å². The molecule has 2 N–H and O–H groups in total. The molecule has 0 atom stereocenters.